The quantitative estimate of drug-likeness (QED) is 0.683. The van der Waals surface area contributed by atoms with Crippen LogP contribution in [-0.2, 0) is 4.79 Å². The van der Waals surface area contributed by atoms with Gasteiger partial charge in [-0.3, -0.25) is 19.8 Å². The van der Waals surface area contributed by atoms with Crippen LogP contribution in [0.15, 0.2) is 24.3 Å². The van der Waals surface area contributed by atoms with E-state index in [0.717, 1.165) is 13.1 Å². The Bertz CT molecular complexity index is 523. The number of likely N-dealkylation sites (tertiary alicyclic amines) is 1. The molecule has 1 aromatic rings. The smallest absolute Gasteiger partial charge is 0.292 e. The number of para-hydroxylation sites is 2. The van der Waals surface area contributed by atoms with Crippen LogP contribution < -0.4 is 5.32 Å². The highest BCUT2D eigenvalue weighted by atomic mass is 16.6. The van der Waals surface area contributed by atoms with Crippen molar-refractivity contribution in [3.8, 4) is 0 Å². The van der Waals surface area contributed by atoms with Crippen LogP contribution in [0.4, 0.5) is 11.4 Å². The van der Waals surface area contributed by atoms with Gasteiger partial charge in [0, 0.05) is 19.2 Å². The van der Waals surface area contributed by atoms with Crippen LogP contribution in [0, 0.1) is 22.0 Å². The maximum absolute atomic E-state index is 12.1. The summed E-state index contributed by atoms with van der Waals surface area (Å²) in [6.45, 7) is 6.44. The minimum absolute atomic E-state index is 0.0776. The van der Waals surface area contributed by atoms with Gasteiger partial charge in [0.1, 0.15) is 5.69 Å². The second-order valence-corrected chi connectivity index (χ2v) is 5.96. The first-order valence-corrected chi connectivity index (χ1v) is 7.21. The number of nitrogens with one attached hydrogen (secondary N) is 1. The number of rotatable bonds is 4. The van der Waals surface area contributed by atoms with E-state index in [-0.39, 0.29) is 23.8 Å². The maximum Gasteiger partial charge on any atom is 0.292 e. The van der Waals surface area contributed by atoms with Crippen molar-refractivity contribution in [2.75, 3.05) is 25.0 Å². The van der Waals surface area contributed by atoms with E-state index in [1.807, 2.05) is 0 Å². The average Bonchev–Trinajstić information content (AvgIpc) is 2.37. The molecule has 21 heavy (non-hydrogen) atoms. The standard InChI is InChI=1S/C15H21N3O3/c1-11-7-12(2)9-17(8-11)10-15(19)16-13-5-3-4-6-14(13)18(20)21/h3-6,11-12H,7-10H2,1-2H3,(H,16,19)/t11-,12+. The van der Waals surface area contributed by atoms with Crippen molar-refractivity contribution in [3.63, 3.8) is 0 Å². The SMILES string of the molecule is C[C@@H]1C[C@H](C)CN(CC(=O)Nc2ccccc2[N+](=O)[O-])C1. The maximum atomic E-state index is 12.1. The molecule has 1 saturated heterocycles. The summed E-state index contributed by atoms with van der Waals surface area (Å²) in [6.07, 6.45) is 1.18. The van der Waals surface area contributed by atoms with Crippen molar-refractivity contribution in [3.05, 3.63) is 34.4 Å². The summed E-state index contributed by atoms with van der Waals surface area (Å²) >= 11 is 0. The molecule has 0 aliphatic carbocycles. The molecule has 1 aliphatic heterocycles. The molecular formula is C15H21N3O3. The third kappa shape index (κ3) is 4.26. The molecule has 0 saturated carbocycles. The van der Waals surface area contributed by atoms with E-state index in [4.69, 9.17) is 0 Å². The van der Waals surface area contributed by atoms with Gasteiger partial charge < -0.3 is 5.32 Å². The van der Waals surface area contributed by atoms with Gasteiger partial charge in [-0.05, 0) is 24.3 Å². The van der Waals surface area contributed by atoms with E-state index in [1.165, 1.54) is 12.5 Å². The summed E-state index contributed by atoms with van der Waals surface area (Å²) in [7, 11) is 0. The van der Waals surface area contributed by atoms with E-state index in [0.29, 0.717) is 11.8 Å². The number of amides is 1. The van der Waals surface area contributed by atoms with Gasteiger partial charge in [0.05, 0.1) is 11.5 Å². The van der Waals surface area contributed by atoms with Crippen molar-refractivity contribution in [2.45, 2.75) is 20.3 Å². The van der Waals surface area contributed by atoms with Crippen LogP contribution in [-0.4, -0.2) is 35.4 Å². The molecule has 1 heterocycles. The molecule has 1 fully saturated rings. The van der Waals surface area contributed by atoms with Gasteiger partial charge in [0.2, 0.25) is 5.91 Å². The molecule has 1 N–H and O–H groups in total. The van der Waals surface area contributed by atoms with E-state index >= 15 is 0 Å². The van der Waals surface area contributed by atoms with Gasteiger partial charge in [-0.15, -0.1) is 0 Å². The van der Waals surface area contributed by atoms with Crippen molar-refractivity contribution < 1.29 is 9.72 Å². The van der Waals surface area contributed by atoms with Crippen LogP contribution in [0.3, 0.4) is 0 Å². The number of anilines is 1. The van der Waals surface area contributed by atoms with Crippen LogP contribution >= 0.6 is 0 Å². The number of nitrogens with zero attached hydrogens (tertiary/aromatic N) is 2. The van der Waals surface area contributed by atoms with Crippen LogP contribution in [0.5, 0.6) is 0 Å². The molecule has 2 atom stereocenters. The summed E-state index contributed by atoms with van der Waals surface area (Å²) in [5, 5.41) is 13.6. The summed E-state index contributed by atoms with van der Waals surface area (Å²) < 4.78 is 0. The molecule has 0 radical (unpaired) electrons. The fraction of sp³-hybridized carbons (Fsp3) is 0.533. The molecule has 0 spiro atoms. The number of benzene rings is 1. The Morgan fingerprint density at radius 3 is 2.57 bits per heavy atom. The number of carbonyl (C=O) groups excluding carboxylic acids is 1. The highest BCUT2D eigenvalue weighted by Gasteiger charge is 2.24. The summed E-state index contributed by atoms with van der Waals surface area (Å²) in [6, 6.07) is 6.20. The lowest BCUT2D eigenvalue weighted by Gasteiger charge is -2.34. The predicted molar refractivity (Wildman–Crippen MR) is 81.1 cm³/mol. The van der Waals surface area contributed by atoms with Gasteiger partial charge in [-0.2, -0.15) is 0 Å². The third-order valence-electron chi connectivity index (χ3n) is 3.69. The average molecular weight is 291 g/mol. The van der Waals surface area contributed by atoms with Crippen molar-refractivity contribution >= 4 is 17.3 Å². The Hall–Kier alpha value is -1.95. The van der Waals surface area contributed by atoms with Crippen LogP contribution in [0.2, 0.25) is 0 Å². The Labute approximate surface area is 124 Å². The summed E-state index contributed by atoms with van der Waals surface area (Å²) in [5.41, 5.74) is 0.178. The Balaban J connectivity index is 1.97. The van der Waals surface area contributed by atoms with Gasteiger partial charge in [-0.25, -0.2) is 0 Å². The minimum Gasteiger partial charge on any atom is -0.319 e. The lowest BCUT2D eigenvalue weighted by Crippen LogP contribution is -2.42. The number of carbonyl (C=O) groups is 1. The highest BCUT2D eigenvalue weighted by Crippen LogP contribution is 2.24. The summed E-state index contributed by atoms with van der Waals surface area (Å²) in [4.78, 5) is 24.6. The van der Waals surface area contributed by atoms with Gasteiger partial charge in [0.15, 0.2) is 0 Å². The number of hydrogen-bond acceptors (Lipinski definition) is 4. The Kier molecular flexibility index (Phi) is 4.90. The topological polar surface area (TPSA) is 75.5 Å². The van der Waals surface area contributed by atoms with Crippen molar-refractivity contribution in [2.24, 2.45) is 11.8 Å². The molecular weight excluding hydrogens is 270 g/mol. The normalized spacial score (nSPS) is 22.8. The van der Waals surface area contributed by atoms with Crippen LogP contribution in [0.1, 0.15) is 20.3 Å². The second kappa shape index (κ2) is 6.67. The lowest BCUT2D eigenvalue weighted by molar-refractivity contribution is -0.383. The Morgan fingerprint density at radius 2 is 1.95 bits per heavy atom. The molecule has 6 nitrogen and oxygen atoms in total. The lowest BCUT2D eigenvalue weighted by atomic mass is 9.92. The predicted octanol–water partition coefficient (Wildman–Crippen LogP) is 2.51. The third-order valence-corrected chi connectivity index (χ3v) is 3.69. The van der Waals surface area contributed by atoms with Crippen molar-refractivity contribution in [1.82, 2.24) is 4.90 Å². The second-order valence-electron chi connectivity index (χ2n) is 5.96. The minimum atomic E-state index is -0.485. The molecule has 2 rings (SSSR count). The largest absolute Gasteiger partial charge is 0.319 e. The fourth-order valence-electron chi connectivity index (χ4n) is 3.05. The highest BCUT2D eigenvalue weighted by molar-refractivity contribution is 5.94. The first-order valence-electron chi connectivity index (χ1n) is 7.21. The van der Waals surface area contributed by atoms with Gasteiger partial charge in [-0.1, -0.05) is 26.0 Å². The van der Waals surface area contributed by atoms with E-state index in [2.05, 4.69) is 24.1 Å². The molecule has 0 unspecified atom stereocenters. The molecule has 0 aromatic heterocycles. The molecule has 1 amide bonds. The number of piperidine rings is 1. The zero-order chi connectivity index (χ0) is 15.4. The van der Waals surface area contributed by atoms with E-state index < -0.39 is 4.92 Å². The fourth-order valence-corrected chi connectivity index (χ4v) is 3.05. The van der Waals surface area contributed by atoms with E-state index in [1.54, 1.807) is 18.2 Å². The van der Waals surface area contributed by atoms with Gasteiger partial charge in [0.25, 0.3) is 5.69 Å². The van der Waals surface area contributed by atoms with E-state index in [9.17, 15) is 14.9 Å². The molecule has 6 heteroatoms. The zero-order valence-electron chi connectivity index (χ0n) is 12.4. The molecule has 1 aliphatic rings. The number of nitro groups is 1. The molecule has 0 bridgehead atoms. The number of hydrogen-bond donors (Lipinski definition) is 1. The first-order chi connectivity index (χ1) is 9.95. The van der Waals surface area contributed by atoms with Crippen molar-refractivity contribution in [1.29, 1.82) is 0 Å². The zero-order valence-corrected chi connectivity index (χ0v) is 12.4. The molecule has 1 aromatic carbocycles. The first kappa shape index (κ1) is 15.4. The van der Waals surface area contributed by atoms with Gasteiger partial charge >= 0.3 is 0 Å². The number of nitro benzene ring substituents is 1. The van der Waals surface area contributed by atoms with Crippen LogP contribution in [0.25, 0.3) is 0 Å². The monoisotopic (exact) mass is 291 g/mol. The summed E-state index contributed by atoms with van der Waals surface area (Å²) in [5.74, 6) is 0.950. The molecule has 114 valence electrons. The Morgan fingerprint density at radius 1 is 1.33 bits per heavy atom.